The molecule has 0 aromatic carbocycles. The average molecular weight is 254 g/mol. The molecular formula is C12H16ClN3O. The van der Waals surface area contributed by atoms with Crippen LogP contribution >= 0.6 is 11.6 Å². The molecule has 0 spiro atoms. The van der Waals surface area contributed by atoms with Gasteiger partial charge in [0.1, 0.15) is 5.15 Å². The fourth-order valence-electron chi connectivity index (χ4n) is 1.95. The minimum absolute atomic E-state index is 0.0363. The maximum atomic E-state index is 12.2. The van der Waals surface area contributed by atoms with Crippen molar-refractivity contribution in [3.8, 4) is 0 Å². The monoisotopic (exact) mass is 253 g/mol. The summed E-state index contributed by atoms with van der Waals surface area (Å²) in [4.78, 5) is 20.2. The SMILES string of the molecule is CC1CN(C(=O)c2ccnc(Cl)c2)CCN1C. The molecule has 2 rings (SSSR count). The Morgan fingerprint density at radius 3 is 2.94 bits per heavy atom. The Morgan fingerprint density at radius 1 is 1.53 bits per heavy atom. The molecule has 1 amide bonds. The molecule has 92 valence electrons. The Morgan fingerprint density at radius 2 is 2.29 bits per heavy atom. The van der Waals surface area contributed by atoms with E-state index in [-0.39, 0.29) is 5.91 Å². The molecule has 4 nitrogen and oxygen atoms in total. The number of pyridine rings is 1. The number of carbonyl (C=O) groups is 1. The number of hydrogen-bond acceptors (Lipinski definition) is 3. The van der Waals surface area contributed by atoms with Crippen molar-refractivity contribution in [1.29, 1.82) is 0 Å². The lowest BCUT2D eigenvalue weighted by atomic mass is 10.1. The summed E-state index contributed by atoms with van der Waals surface area (Å²) in [6, 6.07) is 3.72. The van der Waals surface area contributed by atoms with Crippen LogP contribution in [-0.4, -0.2) is 53.4 Å². The Balaban J connectivity index is 2.10. The van der Waals surface area contributed by atoms with Crippen molar-refractivity contribution in [1.82, 2.24) is 14.8 Å². The molecule has 1 aromatic heterocycles. The molecule has 1 fully saturated rings. The van der Waals surface area contributed by atoms with Gasteiger partial charge >= 0.3 is 0 Å². The maximum absolute atomic E-state index is 12.2. The van der Waals surface area contributed by atoms with Crippen molar-refractivity contribution in [3.63, 3.8) is 0 Å². The Bertz CT molecular complexity index is 424. The van der Waals surface area contributed by atoms with Crippen LogP contribution in [0.4, 0.5) is 0 Å². The molecule has 5 heteroatoms. The van der Waals surface area contributed by atoms with Gasteiger partial charge in [-0.3, -0.25) is 4.79 Å². The molecule has 1 aliphatic heterocycles. The summed E-state index contributed by atoms with van der Waals surface area (Å²) in [5.74, 6) is 0.0363. The van der Waals surface area contributed by atoms with Gasteiger partial charge in [-0.1, -0.05) is 11.6 Å². The van der Waals surface area contributed by atoms with Crippen molar-refractivity contribution in [3.05, 3.63) is 29.0 Å². The van der Waals surface area contributed by atoms with Gasteiger partial charge in [-0.2, -0.15) is 0 Å². The zero-order chi connectivity index (χ0) is 12.4. The molecule has 0 aliphatic carbocycles. The normalized spacial score (nSPS) is 21.6. The summed E-state index contributed by atoms with van der Waals surface area (Å²) in [6.07, 6.45) is 1.56. The van der Waals surface area contributed by atoms with Gasteiger partial charge in [0, 0.05) is 37.4 Å². The minimum atomic E-state index is 0.0363. The van der Waals surface area contributed by atoms with E-state index in [2.05, 4.69) is 23.9 Å². The Labute approximate surface area is 106 Å². The second-order valence-corrected chi connectivity index (χ2v) is 4.84. The fraction of sp³-hybridized carbons (Fsp3) is 0.500. The first-order valence-corrected chi connectivity index (χ1v) is 6.07. The van der Waals surface area contributed by atoms with Gasteiger partial charge in [-0.15, -0.1) is 0 Å². The van der Waals surface area contributed by atoms with E-state index >= 15 is 0 Å². The van der Waals surface area contributed by atoms with E-state index in [1.54, 1.807) is 18.3 Å². The van der Waals surface area contributed by atoms with Gasteiger partial charge in [0.2, 0.25) is 0 Å². The van der Waals surface area contributed by atoms with E-state index in [1.807, 2.05) is 4.90 Å². The van der Waals surface area contributed by atoms with E-state index in [0.717, 1.165) is 19.6 Å². The van der Waals surface area contributed by atoms with E-state index in [1.165, 1.54) is 0 Å². The van der Waals surface area contributed by atoms with Crippen LogP contribution in [0.25, 0.3) is 0 Å². The van der Waals surface area contributed by atoms with E-state index in [9.17, 15) is 4.79 Å². The lowest BCUT2D eigenvalue weighted by Gasteiger charge is -2.37. The molecule has 0 N–H and O–H groups in total. The number of carbonyl (C=O) groups excluding carboxylic acids is 1. The Kier molecular flexibility index (Phi) is 3.64. The molecule has 1 saturated heterocycles. The zero-order valence-electron chi connectivity index (χ0n) is 10.1. The molecular weight excluding hydrogens is 238 g/mol. The van der Waals surface area contributed by atoms with E-state index < -0.39 is 0 Å². The topological polar surface area (TPSA) is 36.4 Å². The van der Waals surface area contributed by atoms with Gasteiger partial charge in [0.05, 0.1) is 0 Å². The maximum Gasteiger partial charge on any atom is 0.254 e. The smallest absolute Gasteiger partial charge is 0.254 e. The van der Waals surface area contributed by atoms with Crippen LogP contribution in [0.15, 0.2) is 18.3 Å². The van der Waals surface area contributed by atoms with Crippen LogP contribution < -0.4 is 0 Å². The first-order chi connectivity index (χ1) is 8.08. The number of piperazine rings is 1. The van der Waals surface area contributed by atoms with Crippen molar-refractivity contribution in [2.45, 2.75) is 13.0 Å². The van der Waals surface area contributed by atoms with Gasteiger partial charge in [-0.25, -0.2) is 4.98 Å². The number of aromatic nitrogens is 1. The fourth-order valence-corrected chi connectivity index (χ4v) is 2.12. The van der Waals surface area contributed by atoms with Crippen molar-refractivity contribution in [2.75, 3.05) is 26.7 Å². The summed E-state index contributed by atoms with van der Waals surface area (Å²) < 4.78 is 0. The van der Waals surface area contributed by atoms with Gasteiger partial charge in [0.25, 0.3) is 5.91 Å². The van der Waals surface area contributed by atoms with Crippen LogP contribution in [0.2, 0.25) is 5.15 Å². The third-order valence-corrected chi connectivity index (χ3v) is 3.43. The summed E-state index contributed by atoms with van der Waals surface area (Å²) in [6.45, 7) is 4.56. The van der Waals surface area contributed by atoms with Crippen LogP contribution in [-0.2, 0) is 0 Å². The molecule has 1 aliphatic rings. The zero-order valence-corrected chi connectivity index (χ0v) is 10.8. The highest BCUT2D eigenvalue weighted by Gasteiger charge is 2.25. The highest BCUT2D eigenvalue weighted by Crippen LogP contribution is 2.13. The molecule has 1 unspecified atom stereocenters. The second-order valence-electron chi connectivity index (χ2n) is 4.45. The number of rotatable bonds is 1. The lowest BCUT2D eigenvalue weighted by molar-refractivity contribution is 0.0572. The molecule has 1 aromatic rings. The van der Waals surface area contributed by atoms with Crippen molar-refractivity contribution in [2.24, 2.45) is 0 Å². The summed E-state index contributed by atoms with van der Waals surface area (Å²) in [5.41, 5.74) is 0.613. The number of amides is 1. The van der Waals surface area contributed by atoms with Crippen molar-refractivity contribution < 1.29 is 4.79 Å². The van der Waals surface area contributed by atoms with Gasteiger partial charge in [0.15, 0.2) is 0 Å². The molecule has 2 heterocycles. The lowest BCUT2D eigenvalue weighted by Crippen LogP contribution is -2.52. The highest BCUT2D eigenvalue weighted by molar-refractivity contribution is 6.29. The average Bonchev–Trinajstić information content (AvgIpc) is 2.32. The van der Waals surface area contributed by atoms with Crippen LogP contribution in [0.5, 0.6) is 0 Å². The second kappa shape index (κ2) is 5.02. The van der Waals surface area contributed by atoms with E-state index in [4.69, 9.17) is 11.6 Å². The minimum Gasteiger partial charge on any atom is -0.336 e. The predicted octanol–water partition coefficient (Wildman–Crippen LogP) is 1.51. The number of halogens is 1. The standard InChI is InChI=1S/C12H16ClN3O/c1-9-8-16(6-5-15(9)2)12(17)10-3-4-14-11(13)7-10/h3-4,7,9H,5-6,8H2,1-2H3. The molecule has 0 radical (unpaired) electrons. The highest BCUT2D eigenvalue weighted by atomic mass is 35.5. The molecule has 1 atom stereocenters. The third-order valence-electron chi connectivity index (χ3n) is 3.22. The number of nitrogens with zero attached hydrogens (tertiary/aromatic N) is 3. The number of hydrogen-bond donors (Lipinski definition) is 0. The largest absolute Gasteiger partial charge is 0.336 e. The quantitative estimate of drug-likeness (QED) is 0.712. The first kappa shape index (κ1) is 12.3. The summed E-state index contributed by atoms with van der Waals surface area (Å²) in [5, 5.41) is 0.359. The predicted molar refractivity (Wildman–Crippen MR) is 67.2 cm³/mol. The number of likely N-dealkylation sites (N-methyl/N-ethyl adjacent to an activating group) is 1. The van der Waals surface area contributed by atoms with Gasteiger partial charge < -0.3 is 9.80 Å². The first-order valence-electron chi connectivity index (χ1n) is 5.69. The van der Waals surface area contributed by atoms with Crippen LogP contribution in [0.1, 0.15) is 17.3 Å². The van der Waals surface area contributed by atoms with Crippen LogP contribution in [0, 0.1) is 0 Å². The molecule has 0 bridgehead atoms. The summed E-state index contributed by atoms with van der Waals surface area (Å²) >= 11 is 5.79. The molecule has 17 heavy (non-hydrogen) atoms. The van der Waals surface area contributed by atoms with Crippen molar-refractivity contribution >= 4 is 17.5 Å². The Hall–Kier alpha value is -1.13. The van der Waals surface area contributed by atoms with Gasteiger partial charge in [-0.05, 0) is 26.1 Å². The molecule has 0 saturated carbocycles. The summed E-state index contributed by atoms with van der Waals surface area (Å²) in [7, 11) is 2.08. The van der Waals surface area contributed by atoms with Crippen LogP contribution in [0.3, 0.4) is 0 Å². The van der Waals surface area contributed by atoms with E-state index in [0.29, 0.717) is 16.8 Å². The third kappa shape index (κ3) is 2.76.